The van der Waals surface area contributed by atoms with E-state index in [4.69, 9.17) is 4.74 Å². The number of morpholine rings is 1. The second-order valence-electron chi connectivity index (χ2n) is 9.59. The molecule has 5 rings (SSSR count). The van der Waals surface area contributed by atoms with E-state index in [9.17, 15) is 24.6 Å². The van der Waals surface area contributed by atoms with Crippen LogP contribution in [0.1, 0.15) is 34.0 Å². The van der Waals surface area contributed by atoms with Gasteiger partial charge in [0, 0.05) is 37.3 Å². The van der Waals surface area contributed by atoms with Crippen molar-refractivity contribution in [3.05, 3.63) is 93.2 Å². The van der Waals surface area contributed by atoms with E-state index in [1.807, 2.05) is 24.3 Å². The van der Waals surface area contributed by atoms with Crippen molar-refractivity contribution >= 4 is 11.9 Å². The fraction of sp³-hybridized carbons (Fsp3) is 0.310. The molecule has 3 amide bonds. The van der Waals surface area contributed by atoms with Crippen molar-refractivity contribution in [2.75, 3.05) is 39.5 Å². The van der Waals surface area contributed by atoms with E-state index >= 15 is 0 Å². The summed E-state index contributed by atoms with van der Waals surface area (Å²) in [5.74, 6) is 4.97. The van der Waals surface area contributed by atoms with Crippen molar-refractivity contribution in [3.8, 4) is 17.6 Å². The number of nitrogens with one attached hydrogen (secondary N) is 1. The maximum atomic E-state index is 13.0. The Bertz CT molecular complexity index is 1490. The highest BCUT2D eigenvalue weighted by atomic mass is 16.5. The standard InChI is InChI=1S/C29H29N5O6/c35-18-26(36)34-25(17-33(29(34)39)16-24-27(37)28(38)31-19-30-24)23-9-7-21(8-10-23)2-1-20-3-5-22(6-4-20)15-32-11-13-40-14-12-32/h3-10,19,25,35,37H,11-18H2,(H,30,31,38). The van der Waals surface area contributed by atoms with Crippen molar-refractivity contribution in [3.63, 3.8) is 0 Å². The Morgan fingerprint density at radius 2 is 1.65 bits per heavy atom. The van der Waals surface area contributed by atoms with Crippen LogP contribution >= 0.6 is 0 Å². The molecule has 0 spiro atoms. The largest absolute Gasteiger partial charge is 0.502 e. The highest BCUT2D eigenvalue weighted by Crippen LogP contribution is 2.31. The minimum Gasteiger partial charge on any atom is -0.502 e. The molecule has 2 fully saturated rings. The molecule has 2 saturated heterocycles. The number of hydrogen-bond acceptors (Lipinski definition) is 8. The van der Waals surface area contributed by atoms with E-state index < -0.39 is 35.9 Å². The molecule has 0 radical (unpaired) electrons. The summed E-state index contributed by atoms with van der Waals surface area (Å²) in [5.41, 5.74) is 2.84. The van der Waals surface area contributed by atoms with Crippen molar-refractivity contribution in [2.45, 2.75) is 19.1 Å². The Labute approximate surface area is 230 Å². The van der Waals surface area contributed by atoms with Gasteiger partial charge in [0.2, 0.25) is 5.75 Å². The zero-order chi connectivity index (χ0) is 28.1. The van der Waals surface area contributed by atoms with Gasteiger partial charge < -0.3 is 24.8 Å². The van der Waals surface area contributed by atoms with Gasteiger partial charge in [-0.25, -0.2) is 9.78 Å². The average Bonchev–Trinajstić information content (AvgIpc) is 3.31. The van der Waals surface area contributed by atoms with Crippen LogP contribution in [0.2, 0.25) is 0 Å². The molecular weight excluding hydrogens is 514 g/mol. The van der Waals surface area contributed by atoms with Gasteiger partial charge in [0.1, 0.15) is 12.3 Å². The number of urea groups is 1. The summed E-state index contributed by atoms with van der Waals surface area (Å²) in [7, 11) is 0. The maximum Gasteiger partial charge on any atom is 0.327 e. The topological polar surface area (TPSA) is 139 Å². The van der Waals surface area contributed by atoms with Gasteiger partial charge in [0.15, 0.2) is 0 Å². The highest BCUT2D eigenvalue weighted by molar-refractivity contribution is 5.97. The lowest BCUT2D eigenvalue weighted by atomic mass is 10.0. The lowest BCUT2D eigenvalue weighted by Gasteiger charge is -2.26. The first kappa shape index (κ1) is 27.1. The molecule has 2 aromatic carbocycles. The van der Waals surface area contributed by atoms with Gasteiger partial charge >= 0.3 is 6.03 Å². The number of aliphatic hydroxyl groups is 1. The monoisotopic (exact) mass is 543 g/mol. The zero-order valence-electron chi connectivity index (χ0n) is 21.7. The second kappa shape index (κ2) is 12.1. The lowest BCUT2D eigenvalue weighted by Crippen LogP contribution is -2.38. The number of carbonyl (C=O) groups excluding carboxylic acids is 2. The van der Waals surface area contributed by atoms with Crippen LogP contribution in [0.15, 0.2) is 59.7 Å². The summed E-state index contributed by atoms with van der Waals surface area (Å²) in [5, 5.41) is 19.5. The number of amides is 3. The number of imide groups is 1. The van der Waals surface area contributed by atoms with Crippen LogP contribution in [0.25, 0.3) is 0 Å². The predicted octanol–water partition coefficient (Wildman–Crippen LogP) is 1.21. The van der Waals surface area contributed by atoms with E-state index in [0.717, 1.165) is 55.2 Å². The number of aromatic nitrogens is 2. The molecule has 11 heteroatoms. The molecule has 40 heavy (non-hydrogen) atoms. The molecule has 206 valence electrons. The third-order valence-electron chi connectivity index (χ3n) is 6.94. The smallest absolute Gasteiger partial charge is 0.327 e. The van der Waals surface area contributed by atoms with Crippen LogP contribution < -0.4 is 5.56 Å². The van der Waals surface area contributed by atoms with Gasteiger partial charge in [-0.05, 0) is 35.4 Å². The first-order valence-electron chi connectivity index (χ1n) is 12.9. The molecule has 3 N–H and O–H groups in total. The molecule has 0 saturated carbocycles. The Balaban J connectivity index is 1.28. The molecule has 11 nitrogen and oxygen atoms in total. The van der Waals surface area contributed by atoms with Crippen molar-refractivity contribution in [1.82, 2.24) is 24.7 Å². The number of carbonyl (C=O) groups is 2. The molecule has 0 bridgehead atoms. The maximum absolute atomic E-state index is 13.0. The van der Waals surface area contributed by atoms with E-state index in [0.29, 0.717) is 5.56 Å². The van der Waals surface area contributed by atoms with Gasteiger partial charge in [-0.15, -0.1) is 0 Å². The van der Waals surface area contributed by atoms with Crippen LogP contribution in [0.5, 0.6) is 5.75 Å². The molecular formula is C29H29N5O6. The Morgan fingerprint density at radius 3 is 2.30 bits per heavy atom. The Kier molecular flexibility index (Phi) is 8.21. The molecule has 1 aromatic heterocycles. The summed E-state index contributed by atoms with van der Waals surface area (Å²) in [4.78, 5) is 48.1. The molecule has 2 aliphatic rings. The molecule has 1 atom stereocenters. The summed E-state index contributed by atoms with van der Waals surface area (Å²) >= 11 is 0. The van der Waals surface area contributed by atoms with E-state index in [-0.39, 0.29) is 18.8 Å². The van der Waals surface area contributed by atoms with Crippen molar-refractivity contribution < 1.29 is 24.5 Å². The van der Waals surface area contributed by atoms with E-state index in [1.54, 1.807) is 12.1 Å². The van der Waals surface area contributed by atoms with Gasteiger partial charge in [0.05, 0.1) is 32.1 Å². The van der Waals surface area contributed by atoms with Crippen LogP contribution in [-0.4, -0.2) is 86.3 Å². The van der Waals surface area contributed by atoms with Crippen molar-refractivity contribution in [2.24, 2.45) is 0 Å². The number of H-pyrrole nitrogens is 1. The number of nitrogens with zero attached hydrogens (tertiary/aromatic N) is 4. The SMILES string of the molecule is O=C(CO)N1C(=O)N(Cc2nc[nH]c(=O)c2O)CC1c1ccc(C#Cc2ccc(CN3CCOCC3)cc2)cc1. The normalized spacial score (nSPS) is 17.5. The van der Waals surface area contributed by atoms with Crippen molar-refractivity contribution in [1.29, 1.82) is 0 Å². The van der Waals surface area contributed by atoms with Gasteiger partial charge in [-0.2, -0.15) is 0 Å². The van der Waals surface area contributed by atoms with Crippen LogP contribution in [0, 0.1) is 11.8 Å². The number of aromatic hydroxyl groups is 1. The van der Waals surface area contributed by atoms with E-state index in [2.05, 4.69) is 38.8 Å². The molecule has 1 unspecified atom stereocenters. The van der Waals surface area contributed by atoms with Crippen LogP contribution in [0.3, 0.4) is 0 Å². The number of hydrogen-bond donors (Lipinski definition) is 3. The van der Waals surface area contributed by atoms with Gasteiger partial charge in [-0.1, -0.05) is 36.1 Å². The Hall–Kier alpha value is -4.50. The van der Waals surface area contributed by atoms with Crippen LogP contribution in [-0.2, 0) is 22.6 Å². The molecule has 3 heterocycles. The molecule has 2 aliphatic heterocycles. The van der Waals surface area contributed by atoms with Gasteiger partial charge in [-0.3, -0.25) is 19.4 Å². The lowest BCUT2D eigenvalue weighted by molar-refractivity contribution is -0.132. The van der Waals surface area contributed by atoms with E-state index in [1.165, 1.54) is 10.5 Å². The zero-order valence-corrected chi connectivity index (χ0v) is 21.7. The average molecular weight is 544 g/mol. The minimum absolute atomic E-state index is 0.00824. The number of rotatable bonds is 6. The minimum atomic E-state index is -0.834. The fourth-order valence-electron chi connectivity index (χ4n) is 4.77. The second-order valence-corrected chi connectivity index (χ2v) is 9.59. The predicted molar refractivity (Wildman–Crippen MR) is 144 cm³/mol. The number of ether oxygens (including phenoxy) is 1. The number of aliphatic hydroxyl groups excluding tert-OH is 1. The summed E-state index contributed by atoms with van der Waals surface area (Å²) < 4.78 is 5.40. The van der Waals surface area contributed by atoms with Gasteiger partial charge in [0.25, 0.3) is 11.5 Å². The quantitative estimate of drug-likeness (QED) is 0.395. The molecule has 3 aromatic rings. The number of aromatic amines is 1. The third-order valence-corrected chi connectivity index (χ3v) is 6.94. The summed E-state index contributed by atoms with van der Waals surface area (Å²) in [6, 6.07) is 14.1. The Morgan fingerprint density at radius 1 is 1.00 bits per heavy atom. The first-order valence-corrected chi connectivity index (χ1v) is 12.9. The summed E-state index contributed by atoms with van der Waals surface area (Å²) in [6.07, 6.45) is 1.13. The fourth-order valence-corrected chi connectivity index (χ4v) is 4.77. The number of benzene rings is 2. The third kappa shape index (κ3) is 6.05. The highest BCUT2D eigenvalue weighted by Gasteiger charge is 2.42. The molecule has 0 aliphatic carbocycles. The first-order chi connectivity index (χ1) is 19.4. The van der Waals surface area contributed by atoms with Crippen LogP contribution in [0.4, 0.5) is 4.79 Å². The summed E-state index contributed by atoms with van der Waals surface area (Å²) in [6.45, 7) is 3.39.